The van der Waals surface area contributed by atoms with Gasteiger partial charge < -0.3 is 23.8 Å². The summed E-state index contributed by atoms with van der Waals surface area (Å²) >= 11 is 0. The summed E-state index contributed by atoms with van der Waals surface area (Å²) in [6.07, 6.45) is 0.116. The molecule has 0 saturated carbocycles. The third-order valence-corrected chi connectivity index (χ3v) is 8.57. The topological polar surface area (TPSA) is 122 Å². The highest BCUT2D eigenvalue weighted by Crippen LogP contribution is 2.36. The number of hydrogen-bond donors (Lipinski definition) is 0. The van der Waals surface area contributed by atoms with Crippen LogP contribution in [0.5, 0.6) is 11.5 Å². The molecule has 2 saturated heterocycles. The van der Waals surface area contributed by atoms with Gasteiger partial charge in [-0.3, -0.25) is 9.59 Å². The molecule has 34 heavy (non-hydrogen) atoms. The first-order chi connectivity index (χ1) is 16.3. The lowest BCUT2D eigenvalue weighted by molar-refractivity contribution is -0.136. The minimum absolute atomic E-state index is 0.0868. The summed E-state index contributed by atoms with van der Waals surface area (Å²) in [6.45, 7) is 5.23. The zero-order valence-corrected chi connectivity index (χ0v) is 19.8. The van der Waals surface area contributed by atoms with Crippen molar-refractivity contribution in [3.63, 3.8) is 0 Å². The number of carbonyl (C=O) groups excluding carboxylic acids is 2. The Labute approximate surface area is 197 Å². The number of nitrogens with zero attached hydrogens (tertiary/aromatic N) is 4. The molecule has 0 bridgehead atoms. The summed E-state index contributed by atoms with van der Waals surface area (Å²) in [5.41, 5.74) is 0.986. The van der Waals surface area contributed by atoms with Crippen molar-refractivity contribution in [2.75, 3.05) is 50.8 Å². The second kappa shape index (κ2) is 8.58. The second-order valence-electron chi connectivity index (χ2n) is 8.62. The van der Waals surface area contributed by atoms with Crippen LogP contribution in [0.4, 0.5) is 5.69 Å². The van der Waals surface area contributed by atoms with Crippen molar-refractivity contribution in [3.8, 4) is 11.5 Å². The average molecular weight is 491 g/mol. The molecular weight excluding hydrogens is 464 g/mol. The molecule has 0 spiro atoms. The standard InChI is InChI=1S/C22H26N4O7S/c1-14-21(15(2)33-23-14)34(29,30)25-7-5-24(6-8-25)22(28)16-11-20(27)26(13-16)17-3-4-18-19(12-17)32-10-9-31-18/h3-4,12,16H,5-11,13H2,1-2H3/t16-/m0/s1. The Balaban J connectivity index is 1.23. The molecule has 1 aromatic carbocycles. The third-order valence-electron chi connectivity index (χ3n) is 6.43. The molecule has 4 heterocycles. The van der Waals surface area contributed by atoms with Gasteiger partial charge in [-0.15, -0.1) is 0 Å². The number of amides is 2. The Bertz CT molecular complexity index is 1210. The van der Waals surface area contributed by atoms with Crippen LogP contribution < -0.4 is 14.4 Å². The third kappa shape index (κ3) is 3.90. The van der Waals surface area contributed by atoms with Gasteiger partial charge >= 0.3 is 0 Å². The lowest BCUT2D eigenvalue weighted by atomic mass is 10.1. The number of aromatic nitrogens is 1. The minimum Gasteiger partial charge on any atom is -0.486 e. The quantitative estimate of drug-likeness (QED) is 0.621. The highest BCUT2D eigenvalue weighted by molar-refractivity contribution is 7.89. The van der Waals surface area contributed by atoms with Gasteiger partial charge in [-0.2, -0.15) is 4.31 Å². The van der Waals surface area contributed by atoms with Crippen molar-refractivity contribution < 1.29 is 32.0 Å². The summed E-state index contributed by atoms with van der Waals surface area (Å²) in [4.78, 5) is 29.2. The summed E-state index contributed by atoms with van der Waals surface area (Å²) in [7, 11) is -3.75. The molecular formula is C22H26N4O7S. The molecule has 3 aliphatic rings. The molecule has 12 heteroatoms. The molecule has 1 aromatic heterocycles. The number of piperazine rings is 1. The average Bonchev–Trinajstić information content (AvgIpc) is 3.40. The van der Waals surface area contributed by atoms with E-state index in [4.69, 9.17) is 14.0 Å². The molecule has 2 amide bonds. The van der Waals surface area contributed by atoms with Gasteiger partial charge in [0.05, 0.1) is 5.92 Å². The zero-order chi connectivity index (χ0) is 24.0. The van der Waals surface area contributed by atoms with E-state index in [1.807, 2.05) is 0 Å². The van der Waals surface area contributed by atoms with Gasteiger partial charge in [0.1, 0.15) is 23.8 Å². The normalized spacial score (nSPS) is 21.2. The monoisotopic (exact) mass is 490 g/mol. The van der Waals surface area contributed by atoms with Crippen molar-refractivity contribution in [3.05, 3.63) is 29.7 Å². The van der Waals surface area contributed by atoms with E-state index in [0.717, 1.165) is 0 Å². The number of sulfonamides is 1. The largest absolute Gasteiger partial charge is 0.486 e. The molecule has 11 nitrogen and oxygen atoms in total. The van der Waals surface area contributed by atoms with Crippen molar-refractivity contribution >= 4 is 27.5 Å². The van der Waals surface area contributed by atoms with Crippen LogP contribution in [0, 0.1) is 19.8 Å². The maximum Gasteiger partial charge on any atom is 0.248 e. The van der Waals surface area contributed by atoms with Gasteiger partial charge in [0.15, 0.2) is 17.3 Å². The van der Waals surface area contributed by atoms with Crippen LogP contribution >= 0.6 is 0 Å². The van der Waals surface area contributed by atoms with Gasteiger partial charge in [-0.05, 0) is 26.0 Å². The number of rotatable bonds is 4. The fourth-order valence-corrected chi connectivity index (χ4v) is 6.41. The Hall–Kier alpha value is -3.12. The smallest absolute Gasteiger partial charge is 0.248 e. The number of fused-ring (bicyclic) bond motifs is 1. The highest BCUT2D eigenvalue weighted by atomic mass is 32.2. The van der Waals surface area contributed by atoms with Gasteiger partial charge in [0.2, 0.25) is 21.8 Å². The van der Waals surface area contributed by atoms with Gasteiger partial charge in [-0.25, -0.2) is 8.42 Å². The van der Waals surface area contributed by atoms with Crippen molar-refractivity contribution in [1.82, 2.24) is 14.4 Å². The lowest BCUT2D eigenvalue weighted by Crippen LogP contribution is -2.52. The fraction of sp³-hybridized carbons (Fsp3) is 0.500. The molecule has 182 valence electrons. The van der Waals surface area contributed by atoms with Crippen molar-refractivity contribution in [1.29, 1.82) is 0 Å². The number of hydrogen-bond acceptors (Lipinski definition) is 8. The Morgan fingerprint density at radius 1 is 1.06 bits per heavy atom. The first kappa shape index (κ1) is 22.7. The van der Waals surface area contributed by atoms with Crippen LogP contribution in [-0.2, 0) is 19.6 Å². The van der Waals surface area contributed by atoms with E-state index in [1.54, 1.807) is 41.8 Å². The molecule has 0 unspecified atom stereocenters. The summed E-state index contributed by atoms with van der Waals surface area (Å²) in [6, 6.07) is 5.32. The summed E-state index contributed by atoms with van der Waals surface area (Å²) in [5, 5.41) is 3.74. The molecule has 3 aliphatic heterocycles. The maximum atomic E-state index is 13.2. The van der Waals surface area contributed by atoms with Crippen LogP contribution in [-0.4, -0.2) is 80.5 Å². The van der Waals surface area contributed by atoms with Crippen molar-refractivity contribution in [2.45, 2.75) is 25.2 Å². The summed E-state index contributed by atoms with van der Waals surface area (Å²) in [5.74, 6) is 0.726. The first-order valence-electron chi connectivity index (χ1n) is 11.2. The van der Waals surface area contributed by atoms with E-state index in [1.165, 1.54) is 4.31 Å². The molecule has 5 rings (SSSR count). The number of carbonyl (C=O) groups is 2. The first-order valence-corrected chi connectivity index (χ1v) is 12.6. The zero-order valence-electron chi connectivity index (χ0n) is 19.0. The van der Waals surface area contributed by atoms with E-state index in [-0.39, 0.29) is 61.6 Å². The summed E-state index contributed by atoms with van der Waals surface area (Å²) < 4.78 is 43.5. The molecule has 2 aromatic rings. The molecule has 0 aliphatic carbocycles. The predicted octanol–water partition coefficient (Wildman–Crippen LogP) is 0.949. The fourth-order valence-electron chi connectivity index (χ4n) is 4.70. The van der Waals surface area contributed by atoms with Crippen LogP contribution in [0.1, 0.15) is 17.9 Å². The van der Waals surface area contributed by atoms with Crippen molar-refractivity contribution in [2.24, 2.45) is 5.92 Å². The van der Waals surface area contributed by atoms with Crippen LogP contribution in [0.15, 0.2) is 27.6 Å². The van der Waals surface area contributed by atoms with E-state index in [2.05, 4.69) is 5.16 Å². The van der Waals surface area contributed by atoms with Crippen LogP contribution in [0.2, 0.25) is 0 Å². The van der Waals surface area contributed by atoms with E-state index in [9.17, 15) is 18.0 Å². The molecule has 2 fully saturated rings. The molecule has 0 radical (unpaired) electrons. The Kier molecular flexibility index (Phi) is 5.72. The van der Waals surface area contributed by atoms with Gasteiger partial charge in [-0.1, -0.05) is 5.16 Å². The predicted molar refractivity (Wildman–Crippen MR) is 119 cm³/mol. The van der Waals surface area contributed by atoms with Crippen LogP contribution in [0.25, 0.3) is 0 Å². The van der Waals surface area contributed by atoms with E-state index >= 15 is 0 Å². The van der Waals surface area contributed by atoms with E-state index in [0.29, 0.717) is 36.1 Å². The van der Waals surface area contributed by atoms with Gasteiger partial charge in [0.25, 0.3) is 0 Å². The number of ether oxygens (including phenoxy) is 2. The van der Waals surface area contributed by atoms with Gasteiger partial charge in [0, 0.05) is 50.9 Å². The Morgan fingerprint density at radius 2 is 1.76 bits per heavy atom. The molecule has 1 atom stereocenters. The van der Waals surface area contributed by atoms with Crippen LogP contribution in [0.3, 0.4) is 0 Å². The maximum absolute atomic E-state index is 13.2. The Morgan fingerprint density at radius 3 is 2.44 bits per heavy atom. The molecule has 0 N–H and O–H groups in total. The number of anilines is 1. The van der Waals surface area contributed by atoms with E-state index < -0.39 is 15.9 Å². The SMILES string of the molecule is Cc1noc(C)c1S(=O)(=O)N1CCN(C(=O)[C@H]2CC(=O)N(c3ccc4c(c3)OCCO4)C2)CC1. The highest BCUT2D eigenvalue weighted by Gasteiger charge is 2.40. The minimum atomic E-state index is -3.75. The number of benzene rings is 1. The lowest BCUT2D eigenvalue weighted by Gasteiger charge is -2.35. The second-order valence-corrected chi connectivity index (χ2v) is 10.5. The number of aryl methyl sites for hydroxylation is 2.